The third-order valence-corrected chi connectivity index (χ3v) is 2.83. The van der Waals surface area contributed by atoms with Gasteiger partial charge in [0.05, 0.1) is 5.69 Å². The molecular weight excluding hydrogens is 243 g/mol. The predicted molar refractivity (Wildman–Crippen MR) is 58.9 cm³/mol. The molecule has 1 aliphatic carbocycles. The zero-order valence-corrected chi connectivity index (χ0v) is 13.6. The van der Waals surface area contributed by atoms with Gasteiger partial charge in [-0.3, -0.25) is 19.6 Å². The van der Waals surface area contributed by atoms with Gasteiger partial charge in [-0.05, 0) is 5.41 Å². The van der Waals surface area contributed by atoms with E-state index in [1.807, 2.05) is 13.8 Å². The number of carbonyl (C=O) groups is 2. The van der Waals surface area contributed by atoms with Crippen LogP contribution in [0.1, 0.15) is 39.7 Å². The Morgan fingerprint density at radius 3 is 2.29 bits per heavy atom. The molecule has 0 atom stereocenters. The zero-order chi connectivity index (χ0) is 11.8. The minimum atomic E-state index is -0.693. The first-order valence-electron chi connectivity index (χ1n) is 5.31. The average molecular weight is 258 g/mol. The summed E-state index contributed by atoms with van der Waals surface area (Å²) < 4.78 is 0. The number of ketones is 2. The number of hydrogen-bond acceptors (Lipinski definition) is 4. The maximum absolute atomic E-state index is 11.9. The third kappa shape index (κ3) is 3.51. The first-order chi connectivity index (χ1) is 7.49. The van der Waals surface area contributed by atoms with Crippen LogP contribution in [0.3, 0.4) is 0 Å². The fourth-order valence-electron chi connectivity index (χ4n) is 2.18. The van der Waals surface area contributed by atoms with E-state index in [1.54, 1.807) is 0 Å². The molecular formula is C12H15KN2O2. The molecule has 2 rings (SSSR count). The summed E-state index contributed by atoms with van der Waals surface area (Å²) in [6.45, 7) is 3.88. The van der Waals surface area contributed by atoms with Gasteiger partial charge < -0.3 is 1.43 Å². The molecule has 1 fully saturated rings. The van der Waals surface area contributed by atoms with Crippen LogP contribution in [-0.2, 0) is 9.59 Å². The average Bonchev–Trinajstić information content (AvgIpc) is 2.16. The van der Waals surface area contributed by atoms with E-state index in [0.717, 1.165) is 0 Å². The molecule has 1 aromatic rings. The van der Waals surface area contributed by atoms with Gasteiger partial charge in [0.2, 0.25) is 0 Å². The number of Topliss-reactive ketones (excluding diaryl/α,β-unsaturated/α-hetero) is 2. The van der Waals surface area contributed by atoms with Gasteiger partial charge in [-0.2, -0.15) is 0 Å². The monoisotopic (exact) mass is 258 g/mol. The molecule has 86 valence electrons. The van der Waals surface area contributed by atoms with Gasteiger partial charge >= 0.3 is 51.4 Å². The van der Waals surface area contributed by atoms with Crippen LogP contribution in [0.2, 0.25) is 0 Å². The maximum atomic E-state index is 11.9. The van der Waals surface area contributed by atoms with Gasteiger partial charge in [-0.15, -0.1) is 0 Å². The summed E-state index contributed by atoms with van der Waals surface area (Å²) in [4.78, 5) is 31.8. The van der Waals surface area contributed by atoms with Crippen LogP contribution < -0.4 is 51.4 Å². The van der Waals surface area contributed by atoms with Gasteiger partial charge in [-0.1, -0.05) is 13.8 Å². The summed E-state index contributed by atoms with van der Waals surface area (Å²) in [6.07, 6.45) is 5.40. The van der Waals surface area contributed by atoms with Crippen molar-refractivity contribution in [2.75, 3.05) is 0 Å². The van der Waals surface area contributed by atoms with Crippen molar-refractivity contribution in [3.63, 3.8) is 0 Å². The Hall–Kier alpha value is 0.0564. The maximum Gasteiger partial charge on any atom is 1.00 e. The van der Waals surface area contributed by atoms with Crippen molar-refractivity contribution in [3.05, 3.63) is 24.3 Å². The molecule has 0 spiro atoms. The van der Waals surface area contributed by atoms with E-state index in [1.165, 1.54) is 18.6 Å². The molecule has 0 aromatic carbocycles. The van der Waals surface area contributed by atoms with Crippen LogP contribution >= 0.6 is 0 Å². The summed E-state index contributed by atoms with van der Waals surface area (Å²) in [5, 5.41) is 0. The smallest absolute Gasteiger partial charge is 1.00 e. The third-order valence-electron chi connectivity index (χ3n) is 2.83. The molecule has 0 aliphatic heterocycles. The largest absolute Gasteiger partial charge is 1.00 e. The molecule has 4 nitrogen and oxygen atoms in total. The standard InChI is InChI=1S/C12H14N2O2.K.H/c1-12(2)5-9(15)11(10(16)6-12)8-7-13-3-4-14-8;;/h3-4,7,11H,5-6H2,1-2H3;;/q;+1;-1. The molecule has 0 radical (unpaired) electrons. The molecule has 0 N–H and O–H groups in total. The molecule has 5 heteroatoms. The Morgan fingerprint density at radius 2 is 1.82 bits per heavy atom. The van der Waals surface area contributed by atoms with Crippen molar-refractivity contribution in [2.45, 2.75) is 32.6 Å². The first-order valence-corrected chi connectivity index (χ1v) is 5.31. The fraction of sp³-hybridized carbons (Fsp3) is 0.500. The second kappa shape index (κ2) is 5.80. The van der Waals surface area contributed by atoms with Crippen molar-refractivity contribution in [1.82, 2.24) is 9.97 Å². The second-order valence-corrected chi connectivity index (χ2v) is 5.01. The summed E-state index contributed by atoms with van der Waals surface area (Å²) in [7, 11) is 0. The van der Waals surface area contributed by atoms with Crippen molar-refractivity contribution < 1.29 is 62.4 Å². The number of carbonyl (C=O) groups excluding carboxylic acids is 2. The van der Waals surface area contributed by atoms with Gasteiger partial charge in [0.1, 0.15) is 17.5 Å². The summed E-state index contributed by atoms with van der Waals surface area (Å²) in [5.74, 6) is -0.773. The minimum Gasteiger partial charge on any atom is -1.00 e. The molecule has 0 unspecified atom stereocenters. The molecule has 1 aromatic heterocycles. The van der Waals surface area contributed by atoms with E-state index in [4.69, 9.17) is 0 Å². The summed E-state index contributed by atoms with van der Waals surface area (Å²) in [6, 6.07) is 0. The molecule has 0 amide bonds. The second-order valence-electron chi connectivity index (χ2n) is 5.01. The SMILES string of the molecule is CC1(C)CC(=O)C(c2cnccn2)C(=O)C1.[H-].[K+]. The molecule has 1 heterocycles. The Labute approximate surface area is 145 Å². The number of hydrogen-bond donors (Lipinski definition) is 0. The van der Waals surface area contributed by atoms with Crippen LogP contribution in [0.4, 0.5) is 0 Å². The normalized spacial score (nSPS) is 19.9. The minimum absolute atomic E-state index is 0. The van der Waals surface area contributed by atoms with Gasteiger partial charge in [0, 0.05) is 31.4 Å². The zero-order valence-electron chi connectivity index (χ0n) is 11.4. The topological polar surface area (TPSA) is 59.9 Å². The quantitative estimate of drug-likeness (QED) is 0.461. The van der Waals surface area contributed by atoms with Crippen LogP contribution in [-0.4, -0.2) is 21.5 Å². The number of rotatable bonds is 1. The first kappa shape index (κ1) is 15.1. The van der Waals surface area contributed by atoms with E-state index in [2.05, 4.69) is 9.97 Å². The van der Waals surface area contributed by atoms with Crippen molar-refractivity contribution in [3.8, 4) is 0 Å². The van der Waals surface area contributed by atoms with Crippen LogP contribution in [0, 0.1) is 5.41 Å². The van der Waals surface area contributed by atoms with Crippen molar-refractivity contribution >= 4 is 11.6 Å². The fourth-order valence-corrected chi connectivity index (χ4v) is 2.18. The molecule has 1 aliphatic rings. The van der Waals surface area contributed by atoms with Crippen LogP contribution in [0.25, 0.3) is 0 Å². The summed E-state index contributed by atoms with van der Waals surface area (Å²) in [5.41, 5.74) is 0.264. The van der Waals surface area contributed by atoms with E-state index < -0.39 is 5.92 Å². The number of nitrogens with zero attached hydrogens (tertiary/aromatic N) is 2. The van der Waals surface area contributed by atoms with E-state index in [-0.39, 0.29) is 69.8 Å². The van der Waals surface area contributed by atoms with Crippen LogP contribution in [0.5, 0.6) is 0 Å². The Morgan fingerprint density at radius 1 is 1.24 bits per heavy atom. The molecule has 1 saturated carbocycles. The van der Waals surface area contributed by atoms with E-state index in [9.17, 15) is 9.59 Å². The molecule has 17 heavy (non-hydrogen) atoms. The predicted octanol–water partition coefficient (Wildman–Crippen LogP) is -1.37. The van der Waals surface area contributed by atoms with E-state index in [0.29, 0.717) is 18.5 Å². The van der Waals surface area contributed by atoms with Crippen molar-refractivity contribution in [2.24, 2.45) is 5.41 Å². The van der Waals surface area contributed by atoms with Crippen molar-refractivity contribution in [1.29, 1.82) is 0 Å². The van der Waals surface area contributed by atoms with Gasteiger partial charge in [0.25, 0.3) is 0 Å². The molecule has 0 bridgehead atoms. The Kier molecular flexibility index (Phi) is 5.15. The van der Waals surface area contributed by atoms with Gasteiger partial charge in [0.15, 0.2) is 0 Å². The Bertz CT molecular complexity index is 417. The van der Waals surface area contributed by atoms with E-state index >= 15 is 0 Å². The molecule has 0 saturated heterocycles. The summed E-state index contributed by atoms with van der Waals surface area (Å²) >= 11 is 0. The van der Waals surface area contributed by atoms with Crippen LogP contribution in [0.15, 0.2) is 18.6 Å². The Balaban J connectivity index is 0.00000144. The van der Waals surface area contributed by atoms with Gasteiger partial charge in [-0.25, -0.2) is 0 Å². The number of aromatic nitrogens is 2.